The highest BCUT2D eigenvalue weighted by molar-refractivity contribution is 6.02. The van der Waals surface area contributed by atoms with E-state index in [1.807, 2.05) is 24.3 Å². The fourth-order valence-electron chi connectivity index (χ4n) is 2.26. The summed E-state index contributed by atoms with van der Waals surface area (Å²) in [5.74, 6) is 0.484. The van der Waals surface area contributed by atoms with E-state index in [4.69, 9.17) is 0 Å². The highest BCUT2D eigenvalue weighted by Gasteiger charge is 2.06. The van der Waals surface area contributed by atoms with Gasteiger partial charge in [0.15, 0.2) is 0 Å². The quantitative estimate of drug-likeness (QED) is 0.603. The first-order chi connectivity index (χ1) is 11.2. The summed E-state index contributed by atoms with van der Waals surface area (Å²) in [6.07, 6.45) is 3.44. The van der Waals surface area contributed by atoms with E-state index in [1.54, 1.807) is 30.5 Å². The lowest BCUT2D eigenvalue weighted by Crippen LogP contribution is -2.03. The van der Waals surface area contributed by atoms with Gasteiger partial charge in [0.2, 0.25) is 0 Å². The molecule has 0 spiro atoms. The molecule has 2 rings (SSSR count). The van der Waals surface area contributed by atoms with Crippen molar-refractivity contribution in [3.8, 4) is 11.5 Å². The molecule has 2 aromatic rings. The van der Waals surface area contributed by atoms with Crippen molar-refractivity contribution >= 4 is 11.9 Å². The van der Waals surface area contributed by atoms with E-state index in [0.717, 1.165) is 24.1 Å². The maximum Gasteiger partial charge on any atom is 0.124 e. The van der Waals surface area contributed by atoms with Gasteiger partial charge in [0.25, 0.3) is 0 Å². The van der Waals surface area contributed by atoms with Crippen molar-refractivity contribution in [3.05, 3.63) is 59.7 Å². The van der Waals surface area contributed by atoms with Crippen LogP contribution in [0.3, 0.4) is 0 Å². The molecule has 0 saturated heterocycles. The molecule has 0 radical (unpaired) electrons. The number of aliphatic imine (C=N–C) groups is 2. The van der Waals surface area contributed by atoms with E-state index in [-0.39, 0.29) is 11.5 Å². The predicted molar refractivity (Wildman–Crippen MR) is 95.0 cm³/mol. The van der Waals surface area contributed by atoms with E-state index >= 15 is 0 Å². The topological polar surface area (TPSA) is 65.2 Å². The Hall–Kier alpha value is -2.62. The van der Waals surface area contributed by atoms with Crippen molar-refractivity contribution in [3.63, 3.8) is 0 Å². The van der Waals surface area contributed by atoms with Crippen molar-refractivity contribution in [2.75, 3.05) is 13.1 Å². The zero-order chi connectivity index (χ0) is 16.5. The van der Waals surface area contributed by atoms with Gasteiger partial charge in [0, 0.05) is 23.1 Å². The fourth-order valence-corrected chi connectivity index (χ4v) is 2.26. The Kier molecular flexibility index (Phi) is 6.36. The Balaban J connectivity index is 1.99. The number of rotatable bonds is 7. The molecule has 23 heavy (non-hydrogen) atoms. The van der Waals surface area contributed by atoms with Gasteiger partial charge < -0.3 is 10.2 Å². The summed E-state index contributed by atoms with van der Waals surface area (Å²) in [5.41, 5.74) is 2.40. The van der Waals surface area contributed by atoms with Crippen molar-refractivity contribution in [2.45, 2.75) is 19.8 Å². The van der Waals surface area contributed by atoms with Gasteiger partial charge in [-0.2, -0.15) is 0 Å². The minimum atomic E-state index is 0.223. The van der Waals surface area contributed by atoms with E-state index < -0.39 is 0 Å². The highest BCUT2D eigenvalue weighted by Crippen LogP contribution is 2.19. The van der Waals surface area contributed by atoms with Gasteiger partial charge in [-0.15, -0.1) is 0 Å². The summed E-state index contributed by atoms with van der Waals surface area (Å²) in [7, 11) is 0. The van der Waals surface area contributed by atoms with Gasteiger partial charge in [0.05, 0.1) is 13.1 Å². The summed E-state index contributed by atoms with van der Waals surface area (Å²) in [6.45, 7) is 3.18. The molecule has 0 atom stereocenters. The first kappa shape index (κ1) is 16.7. The molecular formula is C19H22N2O2. The largest absolute Gasteiger partial charge is 0.507 e. The molecule has 0 amide bonds. The van der Waals surface area contributed by atoms with Crippen LogP contribution in [0.15, 0.2) is 58.5 Å². The van der Waals surface area contributed by atoms with Gasteiger partial charge in [-0.05, 0) is 30.7 Å². The summed E-state index contributed by atoms with van der Waals surface area (Å²) >= 11 is 0. The highest BCUT2D eigenvalue weighted by atomic mass is 16.3. The average molecular weight is 310 g/mol. The molecule has 0 fully saturated rings. The van der Waals surface area contributed by atoms with Gasteiger partial charge in [-0.3, -0.25) is 9.98 Å². The number of para-hydroxylation sites is 2. The minimum Gasteiger partial charge on any atom is -0.507 e. The summed E-state index contributed by atoms with van der Waals surface area (Å²) < 4.78 is 0. The zero-order valence-corrected chi connectivity index (χ0v) is 13.3. The van der Waals surface area contributed by atoms with Crippen molar-refractivity contribution < 1.29 is 10.2 Å². The third-order valence-corrected chi connectivity index (χ3v) is 3.40. The lowest BCUT2D eigenvalue weighted by Gasteiger charge is -2.07. The molecule has 0 unspecified atom stereocenters. The van der Waals surface area contributed by atoms with Crippen LogP contribution in [0.2, 0.25) is 0 Å². The summed E-state index contributed by atoms with van der Waals surface area (Å²) in [4.78, 5) is 8.87. The molecule has 4 nitrogen and oxygen atoms in total. The third-order valence-electron chi connectivity index (χ3n) is 3.40. The molecule has 0 heterocycles. The van der Waals surface area contributed by atoms with E-state index in [1.165, 1.54) is 0 Å². The standard InChI is InChI=1S/C19H22N2O2/c1-2-7-17(16-9-4-6-11-19(16)23)21-13-12-20-14-15-8-3-5-10-18(15)22/h3-6,8-11,14,22-23H,2,7,12-13H2,1H3. The third kappa shape index (κ3) is 4.95. The lowest BCUT2D eigenvalue weighted by molar-refractivity contribution is 0.473. The number of benzene rings is 2. The van der Waals surface area contributed by atoms with Gasteiger partial charge >= 0.3 is 0 Å². The average Bonchev–Trinajstić information content (AvgIpc) is 2.56. The lowest BCUT2D eigenvalue weighted by atomic mass is 10.0. The Bertz CT molecular complexity index is 693. The van der Waals surface area contributed by atoms with Crippen LogP contribution in [0.4, 0.5) is 0 Å². The second-order valence-electron chi connectivity index (χ2n) is 5.19. The number of aromatic hydroxyl groups is 2. The van der Waals surface area contributed by atoms with Crippen molar-refractivity contribution in [2.24, 2.45) is 9.98 Å². The molecule has 0 bridgehead atoms. The Morgan fingerprint density at radius 2 is 1.65 bits per heavy atom. The molecular weight excluding hydrogens is 288 g/mol. The molecule has 4 heteroatoms. The smallest absolute Gasteiger partial charge is 0.124 e. The second-order valence-corrected chi connectivity index (χ2v) is 5.19. The molecule has 0 aliphatic rings. The fraction of sp³-hybridized carbons (Fsp3) is 0.263. The van der Waals surface area contributed by atoms with Crippen LogP contribution in [0, 0.1) is 0 Å². The van der Waals surface area contributed by atoms with Crippen LogP contribution in [0.25, 0.3) is 0 Å². The maximum absolute atomic E-state index is 9.95. The first-order valence-corrected chi connectivity index (χ1v) is 7.82. The van der Waals surface area contributed by atoms with Gasteiger partial charge in [0.1, 0.15) is 11.5 Å². The van der Waals surface area contributed by atoms with E-state index in [2.05, 4.69) is 16.9 Å². The first-order valence-electron chi connectivity index (χ1n) is 7.82. The SMILES string of the molecule is CCCC(=NCCN=Cc1ccccc1O)c1ccccc1O. The Morgan fingerprint density at radius 1 is 0.957 bits per heavy atom. The molecule has 2 aromatic carbocycles. The molecule has 0 aliphatic carbocycles. The summed E-state index contributed by atoms with van der Waals surface area (Å²) in [6, 6.07) is 14.3. The Labute approximate surface area is 136 Å². The molecule has 0 saturated carbocycles. The summed E-state index contributed by atoms with van der Waals surface area (Å²) in [5, 5.41) is 19.6. The zero-order valence-electron chi connectivity index (χ0n) is 13.3. The molecule has 0 aliphatic heterocycles. The van der Waals surface area contributed by atoms with Crippen LogP contribution >= 0.6 is 0 Å². The maximum atomic E-state index is 9.95. The predicted octanol–water partition coefficient (Wildman–Crippen LogP) is 3.81. The van der Waals surface area contributed by atoms with Crippen LogP contribution < -0.4 is 0 Å². The number of nitrogens with zero attached hydrogens (tertiary/aromatic N) is 2. The van der Waals surface area contributed by atoms with Crippen molar-refractivity contribution in [1.29, 1.82) is 0 Å². The molecule has 120 valence electrons. The van der Waals surface area contributed by atoms with Gasteiger partial charge in [-0.25, -0.2) is 0 Å². The second kappa shape index (κ2) is 8.73. The monoisotopic (exact) mass is 310 g/mol. The number of phenols is 2. The van der Waals surface area contributed by atoms with Crippen LogP contribution in [0.5, 0.6) is 11.5 Å². The van der Waals surface area contributed by atoms with Gasteiger partial charge in [-0.1, -0.05) is 37.6 Å². The normalized spacial score (nSPS) is 12.0. The molecule has 0 aromatic heterocycles. The van der Waals surface area contributed by atoms with E-state index in [0.29, 0.717) is 18.7 Å². The van der Waals surface area contributed by atoms with Crippen LogP contribution in [-0.2, 0) is 0 Å². The van der Waals surface area contributed by atoms with Crippen LogP contribution in [0.1, 0.15) is 30.9 Å². The Morgan fingerprint density at radius 3 is 2.35 bits per heavy atom. The van der Waals surface area contributed by atoms with Crippen LogP contribution in [-0.4, -0.2) is 35.2 Å². The number of hydrogen-bond acceptors (Lipinski definition) is 4. The number of hydrogen-bond donors (Lipinski definition) is 2. The van der Waals surface area contributed by atoms with Crippen molar-refractivity contribution in [1.82, 2.24) is 0 Å². The molecule has 2 N–H and O–H groups in total. The van der Waals surface area contributed by atoms with E-state index in [9.17, 15) is 10.2 Å². The minimum absolute atomic E-state index is 0.223. The number of phenolic OH excluding ortho intramolecular Hbond substituents is 2.